The number of urea groups is 1. The zero-order chi connectivity index (χ0) is 19.3. The number of thioether (sulfide) groups is 1. The van der Waals surface area contributed by atoms with Crippen LogP contribution in [0.15, 0.2) is 29.5 Å². The molecule has 0 fully saturated rings. The average molecular weight is 379 g/mol. The summed E-state index contributed by atoms with van der Waals surface area (Å²) in [6.45, 7) is 5.50. The number of ether oxygens (including phenoxy) is 1. The number of hydrogen-bond donors (Lipinski definition) is 2. The lowest BCUT2D eigenvalue weighted by Crippen LogP contribution is -2.45. The van der Waals surface area contributed by atoms with Crippen LogP contribution in [0.3, 0.4) is 0 Å². The summed E-state index contributed by atoms with van der Waals surface area (Å²) in [4.78, 5) is 35.1. The lowest BCUT2D eigenvalue weighted by Gasteiger charge is -2.28. The van der Waals surface area contributed by atoms with Crippen molar-refractivity contribution in [1.82, 2.24) is 10.6 Å². The van der Waals surface area contributed by atoms with Gasteiger partial charge in [-0.3, -0.25) is 10.1 Å². The SMILES string of the molecule is CCSCCOC(=O)C1=C(C)NC(=O)N[C@@H]1c1ccc(C)c([N+](=O)[O-])c1. The number of nitro benzene ring substituents is 1. The molecule has 0 spiro atoms. The van der Waals surface area contributed by atoms with Gasteiger partial charge in [-0.2, -0.15) is 11.8 Å². The number of nitrogens with zero attached hydrogens (tertiary/aromatic N) is 1. The highest BCUT2D eigenvalue weighted by molar-refractivity contribution is 7.99. The van der Waals surface area contributed by atoms with Crippen LogP contribution in [0.25, 0.3) is 0 Å². The summed E-state index contributed by atoms with van der Waals surface area (Å²) in [6.07, 6.45) is 0. The number of esters is 1. The van der Waals surface area contributed by atoms with Crippen LogP contribution in [-0.2, 0) is 9.53 Å². The number of nitrogens with one attached hydrogen (secondary N) is 2. The van der Waals surface area contributed by atoms with Gasteiger partial charge in [0.25, 0.3) is 5.69 Å². The van der Waals surface area contributed by atoms with Crippen molar-refractivity contribution in [1.29, 1.82) is 0 Å². The molecule has 0 bridgehead atoms. The van der Waals surface area contributed by atoms with E-state index in [0.29, 0.717) is 22.6 Å². The minimum Gasteiger partial charge on any atom is -0.461 e. The second-order valence-corrected chi connectivity index (χ2v) is 7.10. The zero-order valence-corrected chi connectivity index (χ0v) is 15.6. The van der Waals surface area contributed by atoms with E-state index in [1.54, 1.807) is 37.7 Å². The Morgan fingerprint density at radius 3 is 2.77 bits per heavy atom. The highest BCUT2D eigenvalue weighted by atomic mass is 32.2. The van der Waals surface area contributed by atoms with E-state index in [0.717, 1.165) is 5.75 Å². The van der Waals surface area contributed by atoms with E-state index in [2.05, 4.69) is 10.6 Å². The number of allylic oxidation sites excluding steroid dienone is 1. The topological polar surface area (TPSA) is 111 Å². The molecule has 2 amide bonds. The van der Waals surface area contributed by atoms with Gasteiger partial charge >= 0.3 is 12.0 Å². The Morgan fingerprint density at radius 2 is 2.12 bits per heavy atom. The summed E-state index contributed by atoms with van der Waals surface area (Å²) in [5.74, 6) is 1.04. The third-order valence-electron chi connectivity index (χ3n) is 3.92. The molecule has 1 aromatic rings. The minimum absolute atomic E-state index is 0.0694. The van der Waals surface area contributed by atoms with Crippen molar-refractivity contribution in [3.05, 3.63) is 50.7 Å². The summed E-state index contributed by atoms with van der Waals surface area (Å²) in [5, 5.41) is 16.4. The molecule has 1 heterocycles. The van der Waals surface area contributed by atoms with Crippen LogP contribution >= 0.6 is 11.8 Å². The van der Waals surface area contributed by atoms with Crippen LogP contribution < -0.4 is 10.6 Å². The van der Waals surface area contributed by atoms with Crippen molar-refractivity contribution in [2.24, 2.45) is 0 Å². The molecule has 8 nitrogen and oxygen atoms in total. The van der Waals surface area contributed by atoms with Crippen LogP contribution in [0.5, 0.6) is 0 Å². The van der Waals surface area contributed by atoms with Crippen molar-refractivity contribution in [2.75, 3.05) is 18.1 Å². The molecule has 0 unspecified atom stereocenters. The highest BCUT2D eigenvalue weighted by Gasteiger charge is 2.33. The fourth-order valence-electron chi connectivity index (χ4n) is 2.63. The highest BCUT2D eigenvalue weighted by Crippen LogP contribution is 2.31. The molecule has 0 saturated carbocycles. The molecule has 1 aliphatic rings. The maximum atomic E-state index is 12.5. The van der Waals surface area contributed by atoms with Crippen LogP contribution in [0.4, 0.5) is 10.5 Å². The summed E-state index contributed by atoms with van der Waals surface area (Å²) >= 11 is 1.65. The molecule has 0 aliphatic carbocycles. The molecule has 2 rings (SSSR count). The number of carbonyl (C=O) groups is 2. The number of benzene rings is 1. The van der Waals surface area contributed by atoms with Gasteiger partial charge in [0, 0.05) is 23.1 Å². The van der Waals surface area contributed by atoms with Gasteiger partial charge < -0.3 is 15.4 Å². The minimum atomic E-state index is -0.811. The van der Waals surface area contributed by atoms with Gasteiger partial charge in [-0.05, 0) is 25.2 Å². The summed E-state index contributed by atoms with van der Waals surface area (Å²) in [7, 11) is 0. The van der Waals surface area contributed by atoms with Crippen molar-refractivity contribution in [3.63, 3.8) is 0 Å². The Morgan fingerprint density at radius 1 is 1.38 bits per heavy atom. The van der Waals surface area contributed by atoms with Gasteiger partial charge in [0.2, 0.25) is 0 Å². The first kappa shape index (κ1) is 19.8. The average Bonchev–Trinajstić information content (AvgIpc) is 2.58. The second-order valence-electron chi connectivity index (χ2n) is 5.71. The Hall–Kier alpha value is -2.55. The molecule has 1 atom stereocenters. The number of nitro groups is 1. The first-order chi connectivity index (χ1) is 12.3. The van der Waals surface area contributed by atoms with E-state index in [9.17, 15) is 19.7 Å². The van der Waals surface area contributed by atoms with Gasteiger partial charge in [-0.1, -0.05) is 19.1 Å². The van der Waals surface area contributed by atoms with Crippen LogP contribution in [0, 0.1) is 17.0 Å². The third-order valence-corrected chi connectivity index (χ3v) is 4.78. The summed E-state index contributed by atoms with van der Waals surface area (Å²) in [6, 6.07) is 3.34. The maximum Gasteiger partial charge on any atom is 0.338 e. The predicted molar refractivity (Wildman–Crippen MR) is 98.9 cm³/mol. The van der Waals surface area contributed by atoms with Crippen LogP contribution in [-0.4, -0.2) is 35.0 Å². The zero-order valence-electron chi connectivity index (χ0n) is 14.8. The lowest BCUT2D eigenvalue weighted by molar-refractivity contribution is -0.385. The first-order valence-corrected chi connectivity index (χ1v) is 9.28. The Kier molecular flexibility index (Phi) is 6.62. The summed E-state index contributed by atoms with van der Waals surface area (Å²) in [5.41, 5.74) is 1.49. The van der Waals surface area contributed by atoms with Crippen molar-refractivity contribution >= 4 is 29.4 Å². The number of rotatable bonds is 7. The number of amides is 2. The van der Waals surface area contributed by atoms with Crippen molar-refractivity contribution in [2.45, 2.75) is 26.8 Å². The number of hydrogen-bond acceptors (Lipinski definition) is 6. The largest absolute Gasteiger partial charge is 0.461 e. The van der Waals surface area contributed by atoms with Gasteiger partial charge in [0.1, 0.15) is 6.61 Å². The van der Waals surface area contributed by atoms with Gasteiger partial charge in [0.05, 0.1) is 16.5 Å². The van der Waals surface area contributed by atoms with Gasteiger partial charge in [-0.25, -0.2) is 9.59 Å². The van der Waals surface area contributed by atoms with E-state index < -0.39 is 23.0 Å². The van der Waals surface area contributed by atoms with Crippen molar-refractivity contribution < 1.29 is 19.2 Å². The molecule has 1 aliphatic heterocycles. The number of aryl methyl sites for hydroxylation is 1. The molecule has 0 aromatic heterocycles. The molecule has 140 valence electrons. The standard InChI is InChI=1S/C17H21N3O5S/c1-4-26-8-7-25-16(21)14-11(3)18-17(22)19-15(14)12-6-5-10(2)13(9-12)20(23)24/h5-6,9,15H,4,7-8H2,1-3H3,(H2,18,19,22)/t15-/m1/s1. The molecule has 9 heteroatoms. The Bertz CT molecular complexity index is 763. The molecular formula is C17H21N3O5S. The quantitative estimate of drug-likeness (QED) is 0.326. The predicted octanol–water partition coefficient (Wildman–Crippen LogP) is 2.83. The Balaban J connectivity index is 2.33. The normalized spacial score (nSPS) is 16.7. The monoisotopic (exact) mass is 379 g/mol. The fraction of sp³-hybridized carbons (Fsp3) is 0.412. The van der Waals surface area contributed by atoms with E-state index in [4.69, 9.17) is 4.74 Å². The molecule has 0 saturated heterocycles. The van der Waals surface area contributed by atoms with Gasteiger partial charge in [0.15, 0.2) is 0 Å². The molecule has 1 aromatic carbocycles. The fourth-order valence-corrected chi connectivity index (χ4v) is 3.12. The molecule has 0 radical (unpaired) electrons. The third kappa shape index (κ3) is 4.54. The maximum absolute atomic E-state index is 12.5. The Labute approximate surface area is 155 Å². The van der Waals surface area contributed by atoms with E-state index in [-0.39, 0.29) is 17.9 Å². The van der Waals surface area contributed by atoms with Gasteiger partial charge in [-0.15, -0.1) is 0 Å². The van der Waals surface area contributed by atoms with Crippen LogP contribution in [0.1, 0.15) is 31.0 Å². The van der Waals surface area contributed by atoms with Crippen molar-refractivity contribution in [3.8, 4) is 0 Å². The van der Waals surface area contributed by atoms with E-state index >= 15 is 0 Å². The molecule has 2 N–H and O–H groups in total. The van der Waals surface area contributed by atoms with E-state index in [1.165, 1.54) is 6.07 Å². The first-order valence-electron chi connectivity index (χ1n) is 8.13. The lowest BCUT2D eigenvalue weighted by atomic mass is 9.94. The summed E-state index contributed by atoms with van der Waals surface area (Å²) < 4.78 is 5.30. The van der Waals surface area contributed by atoms with E-state index in [1.807, 2.05) is 6.92 Å². The second kappa shape index (κ2) is 8.70. The molecular weight excluding hydrogens is 358 g/mol. The number of carbonyl (C=O) groups excluding carboxylic acids is 2. The smallest absolute Gasteiger partial charge is 0.338 e. The van der Waals surface area contributed by atoms with Crippen LogP contribution in [0.2, 0.25) is 0 Å². The molecule has 26 heavy (non-hydrogen) atoms.